The van der Waals surface area contributed by atoms with Crippen LogP contribution in [0.2, 0.25) is 0 Å². The van der Waals surface area contributed by atoms with E-state index >= 15 is 0 Å². The molecule has 2 rings (SSSR count). The van der Waals surface area contributed by atoms with Gasteiger partial charge in [-0.05, 0) is 12.1 Å². The van der Waals surface area contributed by atoms with Crippen molar-refractivity contribution in [3.63, 3.8) is 0 Å². The third-order valence-corrected chi connectivity index (χ3v) is 1.77. The maximum atomic E-state index is 5.50. The second-order valence-electron chi connectivity index (χ2n) is 2.40. The Kier molecular flexibility index (Phi) is 1.36. The van der Waals surface area contributed by atoms with E-state index in [2.05, 4.69) is 4.98 Å². The number of fused-ring (bicyclic) bond motifs is 1. The van der Waals surface area contributed by atoms with Crippen LogP contribution in [0.3, 0.4) is 0 Å². The van der Waals surface area contributed by atoms with Crippen molar-refractivity contribution in [2.24, 2.45) is 5.73 Å². The molecule has 0 atom stereocenters. The van der Waals surface area contributed by atoms with Crippen LogP contribution in [-0.4, -0.2) is 9.55 Å². The van der Waals surface area contributed by atoms with Gasteiger partial charge in [-0.25, -0.2) is 0 Å². The largest absolute Gasteiger partial charge is 0.334 e. The number of rotatable bonds is 1. The molecule has 2 aromatic heterocycles. The first kappa shape index (κ1) is 6.37. The summed E-state index contributed by atoms with van der Waals surface area (Å²) in [7, 11) is 0. The monoisotopic (exact) mass is 147 g/mol. The van der Waals surface area contributed by atoms with E-state index in [0.29, 0.717) is 6.67 Å². The molecule has 0 spiro atoms. The Balaban J connectivity index is 2.76. The molecule has 2 aromatic rings. The molecular weight excluding hydrogens is 138 g/mol. The second kappa shape index (κ2) is 2.36. The molecule has 0 saturated heterocycles. The van der Waals surface area contributed by atoms with Gasteiger partial charge in [-0.15, -0.1) is 0 Å². The van der Waals surface area contributed by atoms with Crippen molar-refractivity contribution in [2.45, 2.75) is 6.67 Å². The average Bonchev–Trinajstić information content (AvgIpc) is 2.47. The lowest BCUT2D eigenvalue weighted by atomic mass is 10.3. The molecule has 3 nitrogen and oxygen atoms in total. The van der Waals surface area contributed by atoms with Gasteiger partial charge in [-0.2, -0.15) is 0 Å². The topological polar surface area (TPSA) is 43.8 Å². The van der Waals surface area contributed by atoms with Crippen LogP contribution in [-0.2, 0) is 6.67 Å². The molecule has 3 heteroatoms. The second-order valence-corrected chi connectivity index (χ2v) is 2.40. The maximum Gasteiger partial charge on any atom is 0.0700 e. The highest BCUT2D eigenvalue weighted by molar-refractivity contribution is 5.78. The lowest BCUT2D eigenvalue weighted by Crippen LogP contribution is -2.04. The predicted octanol–water partition coefficient (Wildman–Crippen LogP) is 0.952. The lowest BCUT2D eigenvalue weighted by molar-refractivity contribution is 0.764. The summed E-state index contributed by atoms with van der Waals surface area (Å²) in [6, 6.07) is 3.97. The molecule has 0 amide bonds. The summed E-state index contributed by atoms with van der Waals surface area (Å²) < 4.78 is 1.98. The first-order valence-corrected chi connectivity index (χ1v) is 3.51. The van der Waals surface area contributed by atoms with Crippen molar-refractivity contribution in [2.75, 3.05) is 0 Å². The van der Waals surface area contributed by atoms with E-state index in [9.17, 15) is 0 Å². The van der Waals surface area contributed by atoms with E-state index in [4.69, 9.17) is 5.73 Å². The first-order valence-electron chi connectivity index (χ1n) is 3.51. The highest BCUT2D eigenvalue weighted by Gasteiger charge is 1.96. The SMILES string of the molecule is NCn1ccc2cnccc21. The molecule has 0 aliphatic rings. The van der Waals surface area contributed by atoms with Crippen LogP contribution in [0.4, 0.5) is 0 Å². The molecule has 0 radical (unpaired) electrons. The zero-order chi connectivity index (χ0) is 7.68. The zero-order valence-electron chi connectivity index (χ0n) is 6.07. The van der Waals surface area contributed by atoms with Crippen LogP contribution < -0.4 is 5.73 Å². The summed E-state index contributed by atoms with van der Waals surface area (Å²) in [5, 5.41) is 1.14. The molecule has 0 aliphatic heterocycles. The molecule has 2 heterocycles. The Morgan fingerprint density at radius 2 is 2.36 bits per heavy atom. The highest BCUT2D eigenvalue weighted by Crippen LogP contribution is 2.11. The fraction of sp³-hybridized carbons (Fsp3) is 0.125. The number of aromatic nitrogens is 2. The first-order chi connectivity index (χ1) is 5.42. The van der Waals surface area contributed by atoms with Gasteiger partial charge >= 0.3 is 0 Å². The van der Waals surface area contributed by atoms with Crippen LogP contribution in [0.25, 0.3) is 10.9 Å². The molecule has 2 N–H and O–H groups in total. The molecule has 0 unspecified atom stereocenters. The summed E-state index contributed by atoms with van der Waals surface area (Å²) in [5.74, 6) is 0. The minimum Gasteiger partial charge on any atom is -0.334 e. The van der Waals surface area contributed by atoms with Gasteiger partial charge in [0.05, 0.1) is 12.2 Å². The molecule has 0 fully saturated rings. The van der Waals surface area contributed by atoms with Gasteiger partial charge in [0.25, 0.3) is 0 Å². The fourth-order valence-electron chi connectivity index (χ4n) is 1.20. The van der Waals surface area contributed by atoms with Gasteiger partial charge in [0.1, 0.15) is 0 Å². The molecule has 0 aromatic carbocycles. The summed E-state index contributed by atoms with van der Waals surface area (Å²) in [4.78, 5) is 4.01. The van der Waals surface area contributed by atoms with E-state index in [-0.39, 0.29) is 0 Å². The van der Waals surface area contributed by atoms with E-state index in [1.54, 1.807) is 6.20 Å². The molecule has 56 valence electrons. The van der Waals surface area contributed by atoms with Crippen molar-refractivity contribution in [1.29, 1.82) is 0 Å². The lowest BCUT2D eigenvalue weighted by Gasteiger charge is -1.97. The Labute approximate surface area is 64.5 Å². The van der Waals surface area contributed by atoms with Crippen LogP contribution in [0.15, 0.2) is 30.7 Å². The molecular formula is C8H9N3. The average molecular weight is 147 g/mol. The molecule has 11 heavy (non-hydrogen) atoms. The molecule has 0 bridgehead atoms. The smallest absolute Gasteiger partial charge is 0.0700 e. The van der Waals surface area contributed by atoms with Crippen molar-refractivity contribution in [1.82, 2.24) is 9.55 Å². The van der Waals surface area contributed by atoms with Crippen LogP contribution in [0.1, 0.15) is 0 Å². The number of nitrogens with two attached hydrogens (primary N) is 1. The van der Waals surface area contributed by atoms with Gasteiger partial charge in [0.15, 0.2) is 0 Å². The quantitative estimate of drug-likeness (QED) is 0.652. The summed E-state index contributed by atoms with van der Waals surface area (Å²) in [6.07, 6.45) is 5.57. The van der Waals surface area contributed by atoms with E-state index in [0.717, 1.165) is 10.9 Å². The summed E-state index contributed by atoms with van der Waals surface area (Å²) in [5.41, 5.74) is 6.64. The Morgan fingerprint density at radius 3 is 3.18 bits per heavy atom. The number of hydrogen-bond acceptors (Lipinski definition) is 2. The van der Waals surface area contributed by atoms with Gasteiger partial charge in [0.2, 0.25) is 0 Å². The van der Waals surface area contributed by atoms with Crippen LogP contribution in [0.5, 0.6) is 0 Å². The third kappa shape index (κ3) is 0.897. The number of hydrogen-bond donors (Lipinski definition) is 1. The summed E-state index contributed by atoms with van der Waals surface area (Å²) >= 11 is 0. The van der Waals surface area contributed by atoms with E-state index in [1.807, 2.05) is 29.1 Å². The minimum atomic E-state index is 0.521. The zero-order valence-corrected chi connectivity index (χ0v) is 6.07. The Hall–Kier alpha value is -1.35. The predicted molar refractivity (Wildman–Crippen MR) is 43.9 cm³/mol. The van der Waals surface area contributed by atoms with Crippen molar-refractivity contribution in [3.05, 3.63) is 30.7 Å². The summed E-state index contributed by atoms with van der Waals surface area (Å²) in [6.45, 7) is 0.521. The van der Waals surface area contributed by atoms with E-state index in [1.165, 1.54) is 0 Å². The Morgan fingerprint density at radius 1 is 1.45 bits per heavy atom. The van der Waals surface area contributed by atoms with Gasteiger partial charge < -0.3 is 10.3 Å². The Bertz CT molecular complexity index is 364. The van der Waals surface area contributed by atoms with E-state index < -0.39 is 0 Å². The maximum absolute atomic E-state index is 5.50. The van der Waals surface area contributed by atoms with Gasteiger partial charge in [0, 0.05) is 24.0 Å². The van der Waals surface area contributed by atoms with Crippen LogP contribution >= 0.6 is 0 Å². The molecule has 0 aliphatic carbocycles. The van der Waals surface area contributed by atoms with Gasteiger partial charge in [-0.3, -0.25) is 4.98 Å². The van der Waals surface area contributed by atoms with Gasteiger partial charge in [-0.1, -0.05) is 0 Å². The van der Waals surface area contributed by atoms with Crippen molar-refractivity contribution >= 4 is 10.9 Å². The van der Waals surface area contributed by atoms with Crippen molar-refractivity contribution < 1.29 is 0 Å². The number of nitrogens with zero attached hydrogens (tertiary/aromatic N) is 2. The highest BCUT2D eigenvalue weighted by atomic mass is 15.0. The standard InChI is InChI=1S/C8H9N3/c9-6-11-4-2-7-5-10-3-1-8(7)11/h1-5H,6,9H2. The van der Waals surface area contributed by atoms with Crippen LogP contribution in [0, 0.1) is 0 Å². The molecule has 0 saturated carbocycles. The normalized spacial score (nSPS) is 10.6. The van der Waals surface area contributed by atoms with Crippen molar-refractivity contribution in [3.8, 4) is 0 Å². The fourth-order valence-corrected chi connectivity index (χ4v) is 1.20. The third-order valence-electron chi connectivity index (χ3n) is 1.77. The minimum absolute atomic E-state index is 0.521. The number of pyridine rings is 1.